The van der Waals surface area contributed by atoms with Gasteiger partial charge >= 0.3 is 0 Å². The summed E-state index contributed by atoms with van der Waals surface area (Å²) in [7, 11) is 1.80. The summed E-state index contributed by atoms with van der Waals surface area (Å²) in [6, 6.07) is 7.28. The maximum Gasteiger partial charge on any atom is 0.247 e. The lowest BCUT2D eigenvalue weighted by molar-refractivity contribution is -0.129. The largest absolute Gasteiger partial charge is 0.341 e. The Hall–Kier alpha value is -2.89. The molecule has 0 bridgehead atoms. The van der Waals surface area contributed by atoms with Gasteiger partial charge in [0.05, 0.1) is 12.1 Å². The molecule has 0 aliphatic heterocycles. The highest BCUT2D eigenvalue weighted by Gasteiger charge is 2.16. The number of aromatic nitrogens is 2. The second-order valence-electron chi connectivity index (χ2n) is 6.29. The summed E-state index contributed by atoms with van der Waals surface area (Å²) in [6.45, 7) is 10.8. The Labute approximate surface area is 154 Å². The molecule has 0 aliphatic rings. The fourth-order valence-corrected chi connectivity index (χ4v) is 2.86. The molecule has 1 heterocycles. The Balaban J connectivity index is 2.05. The van der Waals surface area contributed by atoms with Crippen molar-refractivity contribution in [3.8, 4) is 0 Å². The van der Waals surface area contributed by atoms with Gasteiger partial charge < -0.3 is 10.2 Å². The van der Waals surface area contributed by atoms with Crippen molar-refractivity contribution < 1.29 is 9.59 Å². The highest BCUT2D eigenvalue weighted by atomic mass is 16.2. The molecule has 138 valence electrons. The van der Waals surface area contributed by atoms with Crippen LogP contribution in [0, 0.1) is 13.8 Å². The number of nitrogens with one attached hydrogen (secondary N) is 1. The minimum absolute atomic E-state index is 0.0141. The van der Waals surface area contributed by atoms with Crippen molar-refractivity contribution in [2.45, 2.75) is 40.3 Å². The third-order valence-corrected chi connectivity index (χ3v) is 4.39. The number of nitrogens with zero attached hydrogens (tertiary/aromatic N) is 3. The van der Waals surface area contributed by atoms with Crippen molar-refractivity contribution in [1.82, 2.24) is 14.7 Å². The fraction of sp³-hybridized carbons (Fsp3) is 0.350. The lowest BCUT2D eigenvalue weighted by Gasteiger charge is -2.18. The first-order valence-corrected chi connectivity index (χ1v) is 8.64. The highest BCUT2D eigenvalue weighted by molar-refractivity contribution is 5.98. The van der Waals surface area contributed by atoms with Crippen LogP contribution in [0.1, 0.15) is 29.4 Å². The molecule has 0 spiro atoms. The van der Waals surface area contributed by atoms with Crippen molar-refractivity contribution >= 4 is 17.5 Å². The quantitative estimate of drug-likeness (QED) is 0.778. The van der Waals surface area contributed by atoms with E-state index in [1.165, 1.54) is 6.08 Å². The molecule has 26 heavy (non-hydrogen) atoms. The standard InChI is InChI=1S/C20H26N4O2/c1-6-19(25)21-17-10-8-9-16(11-17)12-20(26)23(5)13-18-14(3)22-24(7-2)15(18)4/h6,8-11H,1,7,12-13H2,2-5H3,(H,21,25). The first-order chi connectivity index (χ1) is 12.3. The van der Waals surface area contributed by atoms with Crippen LogP contribution in [0.3, 0.4) is 0 Å². The van der Waals surface area contributed by atoms with Crippen molar-refractivity contribution in [2.75, 3.05) is 12.4 Å². The van der Waals surface area contributed by atoms with Crippen molar-refractivity contribution in [3.05, 3.63) is 59.4 Å². The summed E-state index contributed by atoms with van der Waals surface area (Å²) >= 11 is 0. The van der Waals surface area contributed by atoms with E-state index < -0.39 is 0 Å². The van der Waals surface area contributed by atoms with Gasteiger partial charge in [0, 0.05) is 37.1 Å². The van der Waals surface area contributed by atoms with Crippen LogP contribution in [0.25, 0.3) is 0 Å². The van der Waals surface area contributed by atoms with E-state index >= 15 is 0 Å². The number of amides is 2. The normalized spacial score (nSPS) is 10.5. The third-order valence-electron chi connectivity index (χ3n) is 4.39. The molecule has 1 aromatic heterocycles. The van der Waals surface area contributed by atoms with Crippen LogP contribution < -0.4 is 5.32 Å². The zero-order valence-corrected chi connectivity index (χ0v) is 15.9. The van der Waals surface area contributed by atoms with Gasteiger partial charge in [-0.25, -0.2) is 0 Å². The number of benzene rings is 1. The molecule has 0 fully saturated rings. The van der Waals surface area contributed by atoms with Gasteiger partial charge in [0.25, 0.3) is 0 Å². The highest BCUT2D eigenvalue weighted by Crippen LogP contribution is 2.17. The molecule has 0 radical (unpaired) electrons. The molecule has 0 saturated carbocycles. The summed E-state index contributed by atoms with van der Waals surface area (Å²) in [5, 5.41) is 7.21. The average Bonchev–Trinajstić information content (AvgIpc) is 2.89. The van der Waals surface area contributed by atoms with E-state index in [0.29, 0.717) is 12.2 Å². The average molecular weight is 354 g/mol. The lowest BCUT2D eigenvalue weighted by Crippen LogP contribution is -2.28. The van der Waals surface area contributed by atoms with Gasteiger partial charge in [0.15, 0.2) is 0 Å². The van der Waals surface area contributed by atoms with Crippen LogP contribution in [-0.4, -0.2) is 33.5 Å². The van der Waals surface area contributed by atoms with E-state index in [4.69, 9.17) is 0 Å². The SMILES string of the molecule is C=CC(=O)Nc1cccc(CC(=O)N(C)Cc2c(C)nn(CC)c2C)c1. The number of likely N-dealkylation sites (N-methyl/N-ethyl adjacent to an activating group) is 1. The van der Waals surface area contributed by atoms with Crippen LogP contribution in [0.5, 0.6) is 0 Å². The molecule has 0 unspecified atom stereocenters. The molecule has 0 aliphatic carbocycles. The van der Waals surface area contributed by atoms with Gasteiger partial charge in [-0.05, 0) is 44.5 Å². The van der Waals surface area contributed by atoms with Gasteiger partial charge in [-0.15, -0.1) is 0 Å². The number of anilines is 1. The predicted molar refractivity (Wildman–Crippen MR) is 103 cm³/mol. The van der Waals surface area contributed by atoms with Gasteiger partial charge in [-0.1, -0.05) is 18.7 Å². The Morgan fingerprint density at radius 1 is 1.35 bits per heavy atom. The van der Waals surface area contributed by atoms with Gasteiger partial charge in [-0.3, -0.25) is 14.3 Å². The maximum absolute atomic E-state index is 12.6. The van der Waals surface area contributed by atoms with Gasteiger partial charge in [0.1, 0.15) is 0 Å². The summed E-state index contributed by atoms with van der Waals surface area (Å²) in [4.78, 5) is 25.7. The van der Waals surface area contributed by atoms with Crippen LogP contribution in [0.4, 0.5) is 5.69 Å². The molecule has 2 amide bonds. The topological polar surface area (TPSA) is 67.2 Å². The second kappa shape index (κ2) is 8.47. The van der Waals surface area contributed by atoms with Crippen LogP contribution >= 0.6 is 0 Å². The zero-order chi connectivity index (χ0) is 19.3. The predicted octanol–water partition coefficient (Wildman–Crippen LogP) is 2.85. The third kappa shape index (κ3) is 4.59. The zero-order valence-electron chi connectivity index (χ0n) is 15.9. The second-order valence-corrected chi connectivity index (χ2v) is 6.29. The molecule has 6 heteroatoms. The van der Waals surface area contributed by atoms with Crippen molar-refractivity contribution in [3.63, 3.8) is 0 Å². The summed E-state index contributed by atoms with van der Waals surface area (Å²) in [6.07, 6.45) is 1.49. The molecular weight excluding hydrogens is 328 g/mol. The van der Waals surface area contributed by atoms with Crippen molar-refractivity contribution in [2.24, 2.45) is 0 Å². The van der Waals surface area contributed by atoms with Crippen molar-refractivity contribution in [1.29, 1.82) is 0 Å². The van der Waals surface area contributed by atoms with E-state index in [2.05, 4.69) is 23.9 Å². The van der Waals surface area contributed by atoms with E-state index in [9.17, 15) is 9.59 Å². The van der Waals surface area contributed by atoms with E-state index in [-0.39, 0.29) is 18.2 Å². The Morgan fingerprint density at radius 3 is 2.69 bits per heavy atom. The van der Waals surface area contributed by atoms with Gasteiger partial charge in [-0.2, -0.15) is 5.10 Å². The Bertz CT molecular complexity index is 823. The van der Waals surface area contributed by atoms with E-state index in [1.807, 2.05) is 30.7 Å². The molecule has 1 N–H and O–H groups in total. The number of carbonyl (C=O) groups is 2. The number of hydrogen-bond donors (Lipinski definition) is 1. The molecule has 0 atom stereocenters. The Kier molecular flexibility index (Phi) is 6.33. The number of rotatable bonds is 7. The first-order valence-electron chi connectivity index (χ1n) is 8.64. The molecule has 2 aromatic rings. The van der Waals surface area contributed by atoms with E-state index in [0.717, 1.165) is 29.1 Å². The van der Waals surface area contributed by atoms with E-state index in [1.54, 1.807) is 24.1 Å². The van der Waals surface area contributed by atoms with Crippen LogP contribution in [0.15, 0.2) is 36.9 Å². The number of carbonyl (C=O) groups excluding carboxylic acids is 2. The number of hydrogen-bond acceptors (Lipinski definition) is 3. The molecule has 0 saturated heterocycles. The smallest absolute Gasteiger partial charge is 0.247 e. The summed E-state index contributed by atoms with van der Waals surface area (Å²) < 4.78 is 1.95. The van der Waals surface area contributed by atoms with Gasteiger partial charge in [0.2, 0.25) is 11.8 Å². The monoisotopic (exact) mass is 354 g/mol. The Morgan fingerprint density at radius 2 is 2.08 bits per heavy atom. The summed E-state index contributed by atoms with van der Waals surface area (Å²) in [5.41, 5.74) is 4.65. The minimum Gasteiger partial charge on any atom is -0.341 e. The summed E-state index contributed by atoms with van der Waals surface area (Å²) in [5.74, 6) is -0.260. The fourth-order valence-electron chi connectivity index (χ4n) is 2.86. The maximum atomic E-state index is 12.6. The lowest BCUT2D eigenvalue weighted by atomic mass is 10.1. The molecule has 1 aromatic carbocycles. The minimum atomic E-state index is -0.274. The molecular formula is C20H26N4O2. The first kappa shape index (κ1) is 19.4. The van der Waals surface area contributed by atoms with Crippen LogP contribution in [0.2, 0.25) is 0 Å². The molecule has 2 rings (SSSR count). The number of aryl methyl sites for hydroxylation is 2. The molecule has 6 nitrogen and oxygen atoms in total. The van der Waals surface area contributed by atoms with Crippen LogP contribution in [-0.2, 0) is 29.1 Å².